The molecule has 0 aliphatic heterocycles. The van der Waals surface area contributed by atoms with Gasteiger partial charge in [0.1, 0.15) is 12.4 Å². The van der Waals surface area contributed by atoms with Crippen LogP contribution in [0.25, 0.3) is 0 Å². The summed E-state index contributed by atoms with van der Waals surface area (Å²) < 4.78 is 10.6. The van der Waals surface area contributed by atoms with E-state index in [1.54, 1.807) is 55.6 Å². The molecule has 3 rings (SSSR count). The van der Waals surface area contributed by atoms with E-state index in [1.807, 2.05) is 31.2 Å². The van der Waals surface area contributed by atoms with E-state index in [9.17, 15) is 9.59 Å². The topological polar surface area (TPSA) is 64.6 Å². The van der Waals surface area contributed by atoms with Gasteiger partial charge in [-0.25, -0.2) is 0 Å². The van der Waals surface area contributed by atoms with Crippen molar-refractivity contribution >= 4 is 17.4 Å². The summed E-state index contributed by atoms with van der Waals surface area (Å²) in [7, 11) is 1.59. The van der Waals surface area contributed by atoms with Crippen LogP contribution in [0, 0.1) is 6.92 Å². The van der Waals surface area contributed by atoms with Gasteiger partial charge in [-0.2, -0.15) is 0 Å². The lowest BCUT2D eigenvalue weighted by Gasteiger charge is -2.13. The Labute approximate surface area is 176 Å². The molecule has 0 saturated heterocycles. The van der Waals surface area contributed by atoms with Crippen molar-refractivity contribution in [2.24, 2.45) is 0 Å². The number of anilines is 1. The van der Waals surface area contributed by atoms with Crippen LogP contribution in [-0.4, -0.2) is 32.0 Å². The number of hydrogen-bond donors (Lipinski definition) is 1. The summed E-state index contributed by atoms with van der Waals surface area (Å²) in [4.78, 5) is 25.8. The Bertz CT molecular complexity index is 1030. The Morgan fingerprint density at radius 3 is 2.37 bits per heavy atom. The minimum absolute atomic E-state index is 0.0545. The molecule has 1 N–H and O–H groups in total. The second kappa shape index (κ2) is 10.4. The number of amides is 1. The Hall–Kier alpha value is -3.44. The van der Waals surface area contributed by atoms with E-state index in [-0.39, 0.29) is 18.1 Å². The van der Waals surface area contributed by atoms with Crippen LogP contribution < -0.4 is 10.1 Å². The van der Waals surface area contributed by atoms with Crippen LogP contribution in [0.4, 0.5) is 5.69 Å². The van der Waals surface area contributed by atoms with E-state index in [0.717, 1.165) is 11.1 Å². The molecule has 154 valence electrons. The molecular formula is C25H25NO4. The third kappa shape index (κ3) is 5.55. The molecule has 3 aromatic rings. The number of benzene rings is 3. The molecular weight excluding hydrogens is 378 g/mol. The summed E-state index contributed by atoms with van der Waals surface area (Å²) in [6.45, 7) is 2.76. The highest BCUT2D eigenvalue weighted by Crippen LogP contribution is 2.23. The minimum atomic E-state index is -0.334. The average molecular weight is 403 g/mol. The quantitative estimate of drug-likeness (QED) is 0.416. The van der Waals surface area contributed by atoms with E-state index in [0.29, 0.717) is 35.8 Å². The first-order valence-corrected chi connectivity index (χ1v) is 9.78. The number of carbonyl (C=O) groups excluding carboxylic acids is 2. The molecule has 0 atom stereocenters. The molecule has 0 bridgehead atoms. The monoisotopic (exact) mass is 403 g/mol. The van der Waals surface area contributed by atoms with E-state index < -0.39 is 0 Å². The van der Waals surface area contributed by atoms with Crippen LogP contribution in [0.5, 0.6) is 5.75 Å². The highest BCUT2D eigenvalue weighted by Gasteiger charge is 2.17. The smallest absolute Gasteiger partial charge is 0.259 e. The summed E-state index contributed by atoms with van der Waals surface area (Å²) in [6.07, 6.45) is 0.269. The van der Waals surface area contributed by atoms with Gasteiger partial charge in [0.2, 0.25) is 0 Å². The van der Waals surface area contributed by atoms with Gasteiger partial charge in [-0.1, -0.05) is 54.1 Å². The second-order valence-electron chi connectivity index (χ2n) is 6.93. The van der Waals surface area contributed by atoms with E-state index in [2.05, 4.69) is 5.32 Å². The van der Waals surface area contributed by atoms with Gasteiger partial charge in [-0.15, -0.1) is 0 Å². The summed E-state index contributed by atoms with van der Waals surface area (Å²) in [5.74, 6) is 0.0792. The molecule has 0 heterocycles. The first-order valence-electron chi connectivity index (χ1n) is 9.78. The number of aryl methyl sites for hydroxylation is 1. The second-order valence-corrected chi connectivity index (χ2v) is 6.93. The Balaban J connectivity index is 1.78. The molecule has 0 aliphatic rings. The van der Waals surface area contributed by atoms with Crippen molar-refractivity contribution in [2.45, 2.75) is 13.3 Å². The third-order valence-electron chi connectivity index (χ3n) is 4.60. The van der Waals surface area contributed by atoms with Crippen molar-refractivity contribution in [3.63, 3.8) is 0 Å². The van der Waals surface area contributed by atoms with Crippen LogP contribution >= 0.6 is 0 Å². The predicted molar refractivity (Wildman–Crippen MR) is 117 cm³/mol. The molecule has 1 amide bonds. The number of carbonyl (C=O) groups is 2. The number of nitrogens with one attached hydrogen (secondary N) is 1. The molecule has 30 heavy (non-hydrogen) atoms. The van der Waals surface area contributed by atoms with Crippen molar-refractivity contribution in [1.82, 2.24) is 0 Å². The third-order valence-corrected chi connectivity index (χ3v) is 4.60. The number of Topliss-reactive ketones (excluding diaryl/α,β-unsaturated/α-hetero) is 1. The number of ketones is 1. The van der Waals surface area contributed by atoms with Gasteiger partial charge >= 0.3 is 0 Å². The zero-order valence-electron chi connectivity index (χ0n) is 17.2. The molecule has 5 nitrogen and oxygen atoms in total. The first-order chi connectivity index (χ1) is 14.6. The SMILES string of the molecule is COCCOc1ccccc1C(=O)Nc1ccccc1C(=O)Cc1cccc(C)c1. The highest BCUT2D eigenvalue weighted by molar-refractivity contribution is 6.10. The lowest BCUT2D eigenvalue weighted by molar-refractivity contribution is 0.0994. The van der Waals surface area contributed by atoms with Gasteiger partial charge in [-0.05, 0) is 36.8 Å². The molecule has 0 radical (unpaired) electrons. The predicted octanol–water partition coefficient (Wildman–Crippen LogP) is 4.70. The molecule has 5 heteroatoms. The molecule has 0 fully saturated rings. The summed E-state index contributed by atoms with van der Waals surface area (Å²) in [5.41, 5.74) is 3.40. The number of methoxy groups -OCH3 is 1. The van der Waals surface area contributed by atoms with Gasteiger partial charge in [0.15, 0.2) is 5.78 Å². The van der Waals surface area contributed by atoms with Crippen LogP contribution in [0.3, 0.4) is 0 Å². The fourth-order valence-corrected chi connectivity index (χ4v) is 3.14. The van der Waals surface area contributed by atoms with Crippen molar-refractivity contribution in [1.29, 1.82) is 0 Å². The van der Waals surface area contributed by atoms with Crippen molar-refractivity contribution in [2.75, 3.05) is 25.6 Å². The first kappa shape index (κ1) is 21.3. The fourth-order valence-electron chi connectivity index (χ4n) is 3.14. The van der Waals surface area contributed by atoms with Crippen LogP contribution in [0.2, 0.25) is 0 Å². The Kier molecular flexibility index (Phi) is 7.35. The summed E-state index contributed by atoms with van der Waals surface area (Å²) in [5, 5.41) is 2.86. The number of rotatable bonds is 9. The van der Waals surface area contributed by atoms with Crippen LogP contribution in [0.15, 0.2) is 72.8 Å². The standard InChI is InChI=1S/C25H25NO4/c1-18-8-7-9-19(16-18)17-23(27)20-10-3-5-12-22(20)26-25(28)21-11-4-6-13-24(21)30-15-14-29-2/h3-13,16H,14-15,17H2,1-2H3,(H,26,28). The van der Waals surface area contributed by atoms with Gasteiger partial charge in [0.05, 0.1) is 17.9 Å². The highest BCUT2D eigenvalue weighted by atomic mass is 16.5. The van der Waals surface area contributed by atoms with Crippen molar-refractivity contribution in [3.8, 4) is 5.75 Å². The van der Waals surface area contributed by atoms with Gasteiger partial charge in [0, 0.05) is 19.1 Å². The van der Waals surface area contributed by atoms with Crippen LogP contribution in [0.1, 0.15) is 31.8 Å². The largest absolute Gasteiger partial charge is 0.490 e. The zero-order valence-corrected chi connectivity index (χ0v) is 17.2. The normalized spacial score (nSPS) is 10.5. The van der Waals surface area contributed by atoms with Gasteiger partial charge in [0.25, 0.3) is 5.91 Å². The van der Waals surface area contributed by atoms with Crippen molar-refractivity contribution < 1.29 is 19.1 Å². The maximum Gasteiger partial charge on any atom is 0.259 e. The number of para-hydroxylation sites is 2. The lowest BCUT2D eigenvalue weighted by atomic mass is 10.00. The molecule has 0 saturated carbocycles. The number of ether oxygens (including phenoxy) is 2. The maximum absolute atomic E-state index is 12.9. The maximum atomic E-state index is 12.9. The lowest BCUT2D eigenvalue weighted by Crippen LogP contribution is -2.17. The van der Waals surface area contributed by atoms with Gasteiger partial charge < -0.3 is 14.8 Å². The summed E-state index contributed by atoms with van der Waals surface area (Å²) >= 11 is 0. The molecule has 0 unspecified atom stereocenters. The molecule has 3 aromatic carbocycles. The Morgan fingerprint density at radius 1 is 0.867 bits per heavy atom. The Morgan fingerprint density at radius 2 is 1.60 bits per heavy atom. The molecule has 0 spiro atoms. The van der Waals surface area contributed by atoms with Gasteiger partial charge in [-0.3, -0.25) is 9.59 Å². The van der Waals surface area contributed by atoms with Crippen LogP contribution in [-0.2, 0) is 11.2 Å². The fraction of sp³-hybridized carbons (Fsp3) is 0.200. The van der Waals surface area contributed by atoms with E-state index >= 15 is 0 Å². The van der Waals surface area contributed by atoms with E-state index in [1.165, 1.54) is 0 Å². The zero-order chi connectivity index (χ0) is 21.3. The molecule has 0 aromatic heterocycles. The van der Waals surface area contributed by atoms with E-state index in [4.69, 9.17) is 9.47 Å². The molecule has 0 aliphatic carbocycles. The summed E-state index contributed by atoms with van der Waals surface area (Å²) in [6, 6.07) is 21.9. The van der Waals surface area contributed by atoms with Crippen molar-refractivity contribution in [3.05, 3.63) is 95.1 Å². The average Bonchev–Trinajstić information content (AvgIpc) is 2.74. The minimum Gasteiger partial charge on any atom is -0.490 e. The number of hydrogen-bond acceptors (Lipinski definition) is 4.